The van der Waals surface area contributed by atoms with Crippen LogP contribution in [0.4, 0.5) is 0 Å². The number of hydrogen-bond acceptors (Lipinski definition) is 16. The number of amides is 2. The molecule has 0 aliphatic carbocycles. The number of hydrazine groups is 1. The lowest BCUT2D eigenvalue weighted by atomic mass is 10.2. The first kappa shape index (κ1) is 46.4. The van der Waals surface area contributed by atoms with Gasteiger partial charge in [0.1, 0.15) is 43.5 Å². The fourth-order valence-corrected chi connectivity index (χ4v) is 8.13. The van der Waals surface area contributed by atoms with Crippen molar-refractivity contribution >= 4 is 71.2 Å². The lowest BCUT2D eigenvalue weighted by Crippen LogP contribution is -2.39. The van der Waals surface area contributed by atoms with E-state index < -0.39 is 60.5 Å². The van der Waals surface area contributed by atoms with E-state index >= 15 is 0 Å². The third-order valence-electron chi connectivity index (χ3n) is 8.54. The number of fused-ring (bicyclic) bond motifs is 1. The summed E-state index contributed by atoms with van der Waals surface area (Å²) in [6, 6.07) is 21.0. The first-order valence-electron chi connectivity index (χ1n) is 19.1. The summed E-state index contributed by atoms with van der Waals surface area (Å²) in [5, 5.41) is 2.73. The summed E-state index contributed by atoms with van der Waals surface area (Å²) in [7, 11) is 0. The summed E-state index contributed by atoms with van der Waals surface area (Å²) in [4.78, 5) is 103. The van der Waals surface area contributed by atoms with E-state index in [0.717, 1.165) is 34.7 Å². The molecule has 3 aromatic carbocycles. The van der Waals surface area contributed by atoms with E-state index in [0.29, 0.717) is 0 Å². The van der Waals surface area contributed by atoms with Crippen LogP contribution in [-0.2, 0) is 70.4 Å². The van der Waals surface area contributed by atoms with E-state index in [1.54, 1.807) is 0 Å². The van der Waals surface area contributed by atoms with E-state index in [1.807, 2.05) is 60.7 Å². The summed E-state index contributed by atoms with van der Waals surface area (Å²) in [5.41, 5.74) is 1.78. The molecule has 3 aromatic rings. The normalized spacial score (nSPS) is 13.0. The zero-order chi connectivity index (χ0) is 44.8. The topological polar surface area (TPSA) is 198 Å². The minimum atomic E-state index is -0.821. The second kappa shape index (κ2) is 22.3. The lowest BCUT2D eigenvalue weighted by molar-refractivity contribution is -0.151. The van der Waals surface area contributed by atoms with Gasteiger partial charge in [0.15, 0.2) is 0 Å². The standard InChI is InChI=1S/C44H42N2O14S2/c1-27(2)42(53)57-23-21-55-33(47)17-19-35(49)59-31-15-16-32(60-36(50)20-18-34(48)56-22-24-58-43(54)28(3)4)39-38(31)61-44(62-39)37-40(51)45(25-29-11-7-5-8-12-29)46(41(37)52)26-30-13-9-6-10-14-30/h5-16H,1,3,17-26H2,2,4H3. The second-order valence-corrected chi connectivity index (χ2v) is 15.8. The summed E-state index contributed by atoms with van der Waals surface area (Å²) in [6.07, 6.45) is -1.51. The van der Waals surface area contributed by atoms with E-state index in [4.69, 9.17) is 28.4 Å². The van der Waals surface area contributed by atoms with Crippen LogP contribution in [0.3, 0.4) is 0 Å². The van der Waals surface area contributed by atoms with Crippen LogP contribution < -0.4 is 9.47 Å². The van der Waals surface area contributed by atoms with Gasteiger partial charge in [0, 0.05) is 11.1 Å². The van der Waals surface area contributed by atoms with Crippen molar-refractivity contribution < 1.29 is 66.8 Å². The quantitative estimate of drug-likeness (QED) is 0.0330. The summed E-state index contributed by atoms with van der Waals surface area (Å²) in [6.45, 7) is 9.19. The number of benzene rings is 3. The highest BCUT2D eigenvalue weighted by atomic mass is 32.2. The van der Waals surface area contributed by atoms with E-state index in [-0.39, 0.29) is 94.6 Å². The Kier molecular flexibility index (Phi) is 16.7. The molecule has 18 heteroatoms. The first-order valence-corrected chi connectivity index (χ1v) is 20.7. The zero-order valence-corrected chi connectivity index (χ0v) is 35.5. The highest BCUT2D eigenvalue weighted by Crippen LogP contribution is 2.59. The Bertz CT molecular complexity index is 2140. The Balaban J connectivity index is 1.34. The predicted molar refractivity (Wildman–Crippen MR) is 222 cm³/mol. The molecule has 62 heavy (non-hydrogen) atoms. The molecule has 0 spiro atoms. The van der Waals surface area contributed by atoms with Gasteiger partial charge in [0.25, 0.3) is 11.8 Å². The van der Waals surface area contributed by atoms with E-state index in [9.17, 15) is 38.4 Å². The van der Waals surface area contributed by atoms with Crippen molar-refractivity contribution in [2.45, 2.75) is 62.4 Å². The van der Waals surface area contributed by atoms with Gasteiger partial charge >= 0.3 is 35.8 Å². The largest absolute Gasteiger partial charge is 0.462 e. The SMILES string of the molecule is C=C(C)C(=O)OCCOC(=O)CCC(=O)Oc1ccc(OC(=O)CCC(=O)OCCOC(=O)C(=C)C)c2c1SC(=C1C(=O)N(Cc3ccccc3)N(Cc3ccccc3)C1=O)S2. The minimum Gasteiger partial charge on any atom is -0.462 e. The number of rotatable bonds is 20. The molecule has 2 aliphatic heterocycles. The molecule has 0 bridgehead atoms. The third-order valence-corrected chi connectivity index (χ3v) is 11.2. The number of hydrogen-bond donors (Lipinski definition) is 0. The van der Waals surface area contributed by atoms with Gasteiger partial charge in [-0.1, -0.05) is 97.3 Å². The van der Waals surface area contributed by atoms with E-state index in [2.05, 4.69) is 13.2 Å². The maximum Gasteiger partial charge on any atom is 0.333 e. The molecule has 2 heterocycles. The highest BCUT2D eigenvalue weighted by Gasteiger charge is 2.45. The summed E-state index contributed by atoms with van der Waals surface area (Å²) < 4.78 is 31.4. The molecule has 0 saturated carbocycles. The van der Waals surface area contributed by atoms with Crippen LogP contribution in [0.5, 0.6) is 11.5 Å². The molecule has 2 amide bonds. The third kappa shape index (κ3) is 12.9. The van der Waals surface area contributed by atoms with Gasteiger partial charge in [-0.25, -0.2) is 19.6 Å². The number of carbonyl (C=O) groups excluding carboxylic acids is 8. The Hall–Kier alpha value is -6.66. The van der Waals surface area contributed by atoms with Gasteiger partial charge in [0.2, 0.25) is 0 Å². The lowest BCUT2D eigenvalue weighted by Gasteiger charge is -2.27. The fraction of sp³-hybridized carbons (Fsp3) is 0.273. The summed E-state index contributed by atoms with van der Waals surface area (Å²) in [5.74, 6) is -5.57. The molecule has 0 N–H and O–H groups in total. The van der Waals surface area contributed by atoms with Crippen molar-refractivity contribution in [1.82, 2.24) is 10.0 Å². The monoisotopic (exact) mass is 886 g/mol. The van der Waals surface area contributed by atoms with Gasteiger partial charge in [-0.05, 0) is 37.1 Å². The molecule has 5 rings (SSSR count). The van der Waals surface area contributed by atoms with Crippen LogP contribution in [0.1, 0.15) is 50.7 Å². The highest BCUT2D eigenvalue weighted by molar-refractivity contribution is 8.25. The van der Waals surface area contributed by atoms with Crippen molar-refractivity contribution in [3.05, 3.63) is 118 Å². The van der Waals surface area contributed by atoms with Gasteiger partial charge in [-0.15, -0.1) is 0 Å². The van der Waals surface area contributed by atoms with Gasteiger partial charge in [-0.3, -0.25) is 28.8 Å². The predicted octanol–water partition coefficient (Wildman–Crippen LogP) is 5.78. The van der Waals surface area contributed by atoms with Gasteiger partial charge in [-0.2, -0.15) is 0 Å². The Morgan fingerprint density at radius 3 is 1.24 bits per heavy atom. The average Bonchev–Trinajstić information content (AvgIpc) is 3.79. The van der Waals surface area contributed by atoms with Crippen LogP contribution in [0, 0.1) is 0 Å². The Morgan fingerprint density at radius 2 is 0.871 bits per heavy atom. The number of ether oxygens (including phenoxy) is 6. The van der Waals surface area contributed by atoms with Crippen molar-refractivity contribution in [3.63, 3.8) is 0 Å². The molecule has 1 saturated heterocycles. The summed E-state index contributed by atoms with van der Waals surface area (Å²) >= 11 is 1.93. The zero-order valence-electron chi connectivity index (χ0n) is 33.8. The number of thioether (sulfide) groups is 2. The van der Waals surface area contributed by atoms with Gasteiger partial charge in [0.05, 0.1) is 52.8 Å². The van der Waals surface area contributed by atoms with Crippen LogP contribution in [0.2, 0.25) is 0 Å². The second-order valence-electron chi connectivity index (χ2n) is 13.5. The van der Waals surface area contributed by atoms with Crippen LogP contribution in [0.15, 0.2) is 117 Å². The van der Waals surface area contributed by atoms with Gasteiger partial charge < -0.3 is 28.4 Å². The van der Waals surface area contributed by atoms with E-state index in [1.165, 1.54) is 36.0 Å². The van der Waals surface area contributed by atoms with Crippen LogP contribution in [-0.4, -0.2) is 84.1 Å². The molecule has 0 unspecified atom stereocenters. The minimum absolute atomic E-state index is 0.00548. The Labute approximate surface area is 365 Å². The van der Waals surface area contributed by atoms with Crippen molar-refractivity contribution in [2.75, 3.05) is 26.4 Å². The maximum atomic E-state index is 14.3. The fourth-order valence-electron chi connectivity index (χ4n) is 5.49. The number of carbonyl (C=O) groups is 8. The number of nitrogens with zero attached hydrogens (tertiary/aromatic N) is 2. The molecule has 0 atom stereocenters. The molecule has 2 aliphatic rings. The smallest absolute Gasteiger partial charge is 0.333 e. The van der Waals surface area contributed by atoms with Crippen molar-refractivity contribution in [2.24, 2.45) is 0 Å². The molecule has 1 fully saturated rings. The molecule has 324 valence electrons. The Morgan fingerprint density at radius 1 is 0.516 bits per heavy atom. The van der Waals surface area contributed by atoms with Crippen LogP contribution >= 0.6 is 23.5 Å². The average molecular weight is 887 g/mol. The molecule has 0 aromatic heterocycles. The molecule has 0 radical (unpaired) electrons. The molecular weight excluding hydrogens is 845 g/mol. The maximum absolute atomic E-state index is 14.3. The molecule has 16 nitrogen and oxygen atoms in total. The van der Waals surface area contributed by atoms with Crippen molar-refractivity contribution in [1.29, 1.82) is 0 Å². The van der Waals surface area contributed by atoms with Crippen LogP contribution in [0.25, 0.3) is 0 Å². The molecular formula is C44H42N2O14S2. The first-order chi connectivity index (χ1) is 29.7. The van der Waals surface area contributed by atoms with Crippen molar-refractivity contribution in [3.8, 4) is 11.5 Å². The number of esters is 6.